The van der Waals surface area contributed by atoms with E-state index in [2.05, 4.69) is 10.1 Å². The van der Waals surface area contributed by atoms with Crippen LogP contribution in [-0.4, -0.2) is 16.0 Å². The van der Waals surface area contributed by atoms with E-state index in [-0.39, 0.29) is 5.84 Å². The molecule has 2 aromatic rings. The van der Waals surface area contributed by atoms with Crippen LogP contribution >= 0.6 is 23.4 Å². The molecular formula is C14H14ClN3OS. The van der Waals surface area contributed by atoms with Crippen molar-refractivity contribution in [3.63, 3.8) is 0 Å². The number of rotatable bonds is 3. The highest BCUT2D eigenvalue weighted by Crippen LogP contribution is 2.30. The third kappa shape index (κ3) is 3.43. The first-order valence-electron chi connectivity index (χ1n) is 5.90. The largest absolute Gasteiger partial charge is 0.409 e. The van der Waals surface area contributed by atoms with Gasteiger partial charge in [0.05, 0.1) is 5.02 Å². The van der Waals surface area contributed by atoms with Gasteiger partial charge in [0.1, 0.15) is 5.03 Å². The molecule has 0 bridgehead atoms. The fourth-order valence-electron chi connectivity index (χ4n) is 1.80. The molecule has 0 spiro atoms. The zero-order chi connectivity index (χ0) is 14.7. The Balaban J connectivity index is 2.28. The number of hydrogen-bond donors (Lipinski definition) is 2. The molecule has 0 aliphatic heterocycles. The molecule has 4 nitrogen and oxygen atoms in total. The number of halogens is 1. The van der Waals surface area contributed by atoms with Gasteiger partial charge in [-0.2, -0.15) is 0 Å². The number of amidine groups is 1. The Morgan fingerprint density at radius 1 is 1.30 bits per heavy atom. The highest BCUT2D eigenvalue weighted by molar-refractivity contribution is 7.99. The fourth-order valence-corrected chi connectivity index (χ4v) is 3.13. The van der Waals surface area contributed by atoms with Crippen molar-refractivity contribution in [2.75, 3.05) is 0 Å². The molecule has 1 aromatic heterocycles. The van der Waals surface area contributed by atoms with E-state index in [0.29, 0.717) is 10.6 Å². The van der Waals surface area contributed by atoms with Crippen molar-refractivity contribution in [2.45, 2.75) is 23.8 Å². The van der Waals surface area contributed by atoms with Crippen LogP contribution in [-0.2, 0) is 0 Å². The van der Waals surface area contributed by atoms with Crippen molar-refractivity contribution in [3.8, 4) is 0 Å². The zero-order valence-corrected chi connectivity index (χ0v) is 12.7. The van der Waals surface area contributed by atoms with Gasteiger partial charge in [-0.05, 0) is 49.7 Å². The third-order valence-corrected chi connectivity index (χ3v) is 3.84. The summed E-state index contributed by atoms with van der Waals surface area (Å²) < 4.78 is 0. The van der Waals surface area contributed by atoms with E-state index in [1.807, 2.05) is 32.0 Å². The van der Waals surface area contributed by atoms with Crippen LogP contribution in [0.5, 0.6) is 0 Å². The minimum absolute atomic E-state index is 0.00363. The topological polar surface area (TPSA) is 71.5 Å². The molecule has 6 heteroatoms. The van der Waals surface area contributed by atoms with Gasteiger partial charge >= 0.3 is 0 Å². The molecule has 0 unspecified atom stereocenters. The summed E-state index contributed by atoms with van der Waals surface area (Å²) in [4.78, 5) is 5.41. The number of aryl methyl sites for hydroxylation is 2. The SMILES string of the molecule is Cc1cc(C)nc(Sc2ccc(/C(N)=N/O)c(Cl)c2)c1. The van der Waals surface area contributed by atoms with E-state index >= 15 is 0 Å². The monoisotopic (exact) mass is 307 g/mol. The summed E-state index contributed by atoms with van der Waals surface area (Å²) >= 11 is 7.65. The standard InChI is InChI=1S/C14H14ClN3OS/c1-8-5-9(2)17-13(6-8)20-10-3-4-11(12(15)7-10)14(16)18-19/h3-7,19H,1-2H3,(H2,16,18). The second-order valence-corrected chi connectivity index (χ2v) is 5.85. The maximum absolute atomic E-state index is 8.67. The summed E-state index contributed by atoms with van der Waals surface area (Å²) in [5.74, 6) is -0.00363. The van der Waals surface area contributed by atoms with E-state index in [9.17, 15) is 0 Å². The van der Waals surface area contributed by atoms with Crippen LogP contribution in [0.1, 0.15) is 16.8 Å². The average molecular weight is 308 g/mol. The number of nitrogens with zero attached hydrogens (tertiary/aromatic N) is 2. The Hall–Kier alpha value is -1.72. The van der Waals surface area contributed by atoms with Gasteiger partial charge in [-0.15, -0.1) is 0 Å². The molecule has 104 valence electrons. The summed E-state index contributed by atoms with van der Waals surface area (Å²) in [5, 5.41) is 13.0. The lowest BCUT2D eigenvalue weighted by Crippen LogP contribution is -2.13. The van der Waals surface area contributed by atoms with Crippen LogP contribution in [0.25, 0.3) is 0 Å². The van der Waals surface area contributed by atoms with Gasteiger partial charge in [-0.1, -0.05) is 28.5 Å². The minimum atomic E-state index is -0.00363. The lowest BCUT2D eigenvalue weighted by Gasteiger charge is -2.07. The molecular weight excluding hydrogens is 294 g/mol. The lowest BCUT2D eigenvalue weighted by molar-refractivity contribution is 0.318. The molecule has 0 aliphatic rings. The highest BCUT2D eigenvalue weighted by Gasteiger charge is 2.08. The number of oxime groups is 1. The van der Waals surface area contributed by atoms with Crippen LogP contribution in [0, 0.1) is 13.8 Å². The molecule has 0 atom stereocenters. The van der Waals surface area contributed by atoms with Crippen LogP contribution in [0.4, 0.5) is 0 Å². The Morgan fingerprint density at radius 2 is 2.05 bits per heavy atom. The van der Waals surface area contributed by atoms with Gasteiger partial charge in [0.25, 0.3) is 0 Å². The summed E-state index contributed by atoms with van der Waals surface area (Å²) in [6.45, 7) is 4.00. The highest BCUT2D eigenvalue weighted by atomic mass is 35.5. The maximum atomic E-state index is 8.67. The van der Waals surface area contributed by atoms with E-state index in [4.69, 9.17) is 22.5 Å². The lowest BCUT2D eigenvalue weighted by atomic mass is 10.2. The van der Waals surface area contributed by atoms with Crippen molar-refractivity contribution in [1.82, 2.24) is 4.98 Å². The smallest absolute Gasteiger partial charge is 0.171 e. The predicted octanol–water partition coefficient (Wildman–Crippen LogP) is 3.60. The molecule has 1 heterocycles. The Kier molecular flexibility index (Phi) is 4.52. The quantitative estimate of drug-likeness (QED) is 0.393. The van der Waals surface area contributed by atoms with E-state index in [1.165, 1.54) is 17.3 Å². The van der Waals surface area contributed by atoms with Crippen LogP contribution in [0.2, 0.25) is 5.02 Å². The second-order valence-electron chi connectivity index (χ2n) is 4.35. The number of hydrogen-bond acceptors (Lipinski definition) is 4. The molecule has 0 radical (unpaired) electrons. The zero-order valence-electron chi connectivity index (χ0n) is 11.1. The first kappa shape index (κ1) is 14.7. The van der Waals surface area contributed by atoms with Crippen LogP contribution in [0.15, 0.2) is 45.4 Å². The van der Waals surface area contributed by atoms with Crippen molar-refractivity contribution >= 4 is 29.2 Å². The van der Waals surface area contributed by atoms with Gasteiger partial charge in [0.2, 0.25) is 0 Å². The molecule has 0 amide bonds. The minimum Gasteiger partial charge on any atom is -0.409 e. The molecule has 0 saturated carbocycles. The maximum Gasteiger partial charge on any atom is 0.171 e. The molecule has 3 N–H and O–H groups in total. The van der Waals surface area contributed by atoms with E-state index in [1.54, 1.807) is 12.1 Å². The second kappa shape index (κ2) is 6.15. The Bertz CT molecular complexity index is 653. The van der Waals surface area contributed by atoms with Crippen molar-refractivity contribution in [2.24, 2.45) is 10.9 Å². The normalized spacial score (nSPS) is 11.7. The molecule has 0 saturated heterocycles. The molecule has 20 heavy (non-hydrogen) atoms. The Morgan fingerprint density at radius 3 is 2.65 bits per heavy atom. The number of nitrogens with two attached hydrogens (primary N) is 1. The third-order valence-electron chi connectivity index (χ3n) is 2.62. The Labute approximate surface area is 126 Å². The van der Waals surface area contributed by atoms with Gasteiger partial charge < -0.3 is 10.9 Å². The number of benzene rings is 1. The van der Waals surface area contributed by atoms with Crippen molar-refractivity contribution in [1.29, 1.82) is 0 Å². The van der Waals surface area contributed by atoms with Gasteiger partial charge in [0.15, 0.2) is 5.84 Å². The number of pyridine rings is 1. The summed E-state index contributed by atoms with van der Waals surface area (Å²) in [6, 6.07) is 9.41. The van der Waals surface area contributed by atoms with Crippen LogP contribution in [0.3, 0.4) is 0 Å². The summed E-state index contributed by atoms with van der Waals surface area (Å²) in [7, 11) is 0. The van der Waals surface area contributed by atoms with Crippen molar-refractivity contribution in [3.05, 3.63) is 52.2 Å². The fraction of sp³-hybridized carbons (Fsp3) is 0.143. The molecule has 2 rings (SSSR count). The van der Waals surface area contributed by atoms with E-state index in [0.717, 1.165) is 15.6 Å². The van der Waals surface area contributed by atoms with Crippen LogP contribution < -0.4 is 5.73 Å². The van der Waals surface area contributed by atoms with E-state index < -0.39 is 0 Å². The van der Waals surface area contributed by atoms with Gasteiger partial charge in [0, 0.05) is 16.2 Å². The molecule has 0 aliphatic carbocycles. The first-order valence-corrected chi connectivity index (χ1v) is 7.09. The average Bonchev–Trinajstić information content (AvgIpc) is 2.36. The summed E-state index contributed by atoms with van der Waals surface area (Å²) in [5.41, 5.74) is 8.18. The van der Waals surface area contributed by atoms with Gasteiger partial charge in [-0.25, -0.2) is 4.98 Å². The predicted molar refractivity (Wildman–Crippen MR) is 81.8 cm³/mol. The van der Waals surface area contributed by atoms with Gasteiger partial charge in [-0.3, -0.25) is 0 Å². The van der Waals surface area contributed by atoms with Crippen molar-refractivity contribution < 1.29 is 5.21 Å². The molecule has 1 aromatic carbocycles. The molecule has 0 fully saturated rings. The first-order chi connectivity index (χ1) is 9.49. The summed E-state index contributed by atoms with van der Waals surface area (Å²) in [6.07, 6.45) is 0. The number of aromatic nitrogens is 1.